The van der Waals surface area contributed by atoms with Crippen LogP contribution in [-0.4, -0.2) is 36.8 Å². The molecule has 1 aromatic heterocycles. The highest BCUT2D eigenvalue weighted by Crippen LogP contribution is 2.30. The summed E-state index contributed by atoms with van der Waals surface area (Å²) in [6.07, 6.45) is 2.65. The molecule has 0 saturated heterocycles. The molecule has 0 N–H and O–H groups in total. The fourth-order valence-electron chi connectivity index (χ4n) is 1.95. The quantitative estimate of drug-likeness (QED) is 0.439. The second-order valence-corrected chi connectivity index (χ2v) is 4.48. The van der Waals surface area contributed by atoms with Gasteiger partial charge in [0.15, 0.2) is 0 Å². The average molecular weight is 330 g/mol. The SMILES string of the molecule is CCOc1cc(Oc2ccccc2/C(=C\OC)C(=O)OC)ncn1. The first-order valence-corrected chi connectivity index (χ1v) is 7.23. The van der Waals surface area contributed by atoms with Crippen LogP contribution in [0.25, 0.3) is 5.57 Å². The fraction of sp³-hybridized carbons (Fsp3) is 0.235. The Morgan fingerprint density at radius 2 is 1.92 bits per heavy atom. The molecule has 1 heterocycles. The van der Waals surface area contributed by atoms with Crippen molar-refractivity contribution >= 4 is 11.5 Å². The number of hydrogen-bond donors (Lipinski definition) is 0. The summed E-state index contributed by atoms with van der Waals surface area (Å²) < 4.78 is 20.9. The summed E-state index contributed by atoms with van der Waals surface area (Å²) in [5.74, 6) is 0.584. The molecule has 0 fully saturated rings. The lowest BCUT2D eigenvalue weighted by Crippen LogP contribution is -2.06. The van der Waals surface area contributed by atoms with E-state index in [-0.39, 0.29) is 5.57 Å². The second-order valence-electron chi connectivity index (χ2n) is 4.48. The molecule has 0 aliphatic heterocycles. The maximum atomic E-state index is 12.0. The van der Waals surface area contributed by atoms with Crippen molar-refractivity contribution in [3.8, 4) is 17.5 Å². The lowest BCUT2D eigenvalue weighted by atomic mass is 10.1. The van der Waals surface area contributed by atoms with Crippen LogP contribution in [-0.2, 0) is 14.3 Å². The molecule has 0 amide bonds. The first-order valence-electron chi connectivity index (χ1n) is 7.23. The Bertz CT molecular complexity index is 730. The van der Waals surface area contributed by atoms with Crippen molar-refractivity contribution in [3.05, 3.63) is 48.5 Å². The van der Waals surface area contributed by atoms with Crippen LogP contribution in [0, 0.1) is 0 Å². The molecule has 1 aromatic carbocycles. The van der Waals surface area contributed by atoms with E-state index >= 15 is 0 Å². The van der Waals surface area contributed by atoms with Gasteiger partial charge in [0, 0.05) is 5.56 Å². The summed E-state index contributed by atoms with van der Waals surface area (Å²) in [6.45, 7) is 2.34. The van der Waals surface area contributed by atoms with Crippen LogP contribution in [0.5, 0.6) is 17.5 Å². The van der Waals surface area contributed by atoms with E-state index in [2.05, 4.69) is 9.97 Å². The van der Waals surface area contributed by atoms with Crippen LogP contribution in [0.1, 0.15) is 12.5 Å². The molecule has 0 bridgehead atoms. The number of methoxy groups -OCH3 is 2. The summed E-state index contributed by atoms with van der Waals surface area (Å²) >= 11 is 0. The Morgan fingerprint density at radius 1 is 1.17 bits per heavy atom. The van der Waals surface area contributed by atoms with Gasteiger partial charge in [-0.2, -0.15) is 0 Å². The number of esters is 1. The van der Waals surface area contributed by atoms with Gasteiger partial charge in [0.1, 0.15) is 17.6 Å². The van der Waals surface area contributed by atoms with Crippen molar-refractivity contribution in [3.63, 3.8) is 0 Å². The van der Waals surface area contributed by atoms with E-state index < -0.39 is 5.97 Å². The van der Waals surface area contributed by atoms with Crippen LogP contribution in [0.4, 0.5) is 0 Å². The van der Waals surface area contributed by atoms with E-state index in [1.54, 1.807) is 30.3 Å². The Hall–Kier alpha value is -3.09. The fourth-order valence-corrected chi connectivity index (χ4v) is 1.95. The van der Waals surface area contributed by atoms with Gasteiger partial charge in [-0.1, -0.05) is 18.2 Å². The molecule has 126 valence electrons. The number of carbonyl (C=O) groups is 1. The number of benzene rings is 1. The highest BCUT2D eigenvalue weighted by Gasteiger charge is 2.18. The summed E-state index contributed by atoms with van der Waals surface area (Å²) in [5, 5.41) is 0. The number of nitrogens with zero attached hydrogens (tertiary/aromatic N) is 2. The zero-order chi connectivity index (χ0) is 17.4. The van der Waals surface area contributed by atoms with Crippen LogP contribution in [0.2, 0.25) is 0 Å². The van der Waals surface area contributed by atoms with Crippen LogP contribution in [0.15, 0.2) is 42.9 Å². The molecule has 0 atom stereocenters. The van der Waals surface area contributed by atoms with Gasteiger partial charge in [0.25, 0.3) is 0 Å². The monoisotopic (exact) mass is 330 g/mol. The van der Waals surface area contributed by atoms with Gasteiger partial charge >= 0.3 is 5.97 Å². The van der Waals surface area contributed by atoms with Crippen molar-refractivity contribution < 1.29 is 23.7 Å². The van der Waals surface area contributed by atoms with Crippen LogP contribution >= 0.6 is 0 Å². The van der Waals surface area contributed by atoms with Gasteiger partial charge in [-0.15, -0.1) is 0 Å². The number of aromatic nitrogens is 2. The Morgan fingerprint density at radius 3 is 2.62 bits per heavy atom. The van der Waals surface area contributed by atoms with E-state index in [4.69, 9.17) is 18.9 Å². The minimum absolute atomic E-state index is 0.231. The van der Waals surface area contributed by atoms with Gasteiger partial charge in [-0.05, 0) is 13.0 Å². The topological polar surface area (TPSA) is 79.8 Å². The third-order valence-corrected chi connectivity index (χ3v) is 2.94. The molecule has 0 unspecified atom stereocenters. The summed E-state index contributed by atoms with van der Waals surface area (Å²) in [4.78, 5) is 20.0. The summed E-state index contributed by atoms with van der Waals surface area (Å²) in [5.41, 5.74) is 0.748. The highest BCUT2D eigenvalue weighted by atomic mass is 16.5. The molecule has 7 heteroatoms. The third-order valence-electron chi connectivity index (χ3n) is 2.94. The second kappa shape index (κ2) is 8.52. The van der Waals surface area contributed by atoms with Crippen molar-refractivity contribution in [2.45, 2.75) is 6.92 Å². The van der Waals surface area contributed by atoms with Gasteiger partial charge in [-0.3, -0.25) is 0 Å². The minimum Gasteiger partial charge on any atom is -0.503 e. The first-order chi connectivity index (χ1) is 11.7. The molecule has 0 spiro atoms. The maximum Gasteiger partial charge on any atom is 0.341 e. The zero-order valence-electron chi connectivity index (χ0n) is 13.7. The van der Waals surface area contributed by atoms with Crippen molar-refractivity contribution in [1.82, 2.24) is 9.97 Å². The zero-order valence-corrected chi connectivity index (χ0v) is 13.7. The minimum atomic E-state index is -0.536. The molecule has 0 saturated carbocycles. The van der Waals surface area contributed by atoms with Crippen molar-refractivity contribution in [2.75, 3.05) is 20.8 Å². The average Bonchev–Trinajstić information content (AvgIpc) is 2.60. The smallest absolute Gasteiger partial charge is 0.341 e. The van der Waals surface area contributed by atoms with E-state index in [0.29, 0.717) is 29.7 Å². The molecular weight excluding hydrogens is 312 g/mol. The molecule has 2 rings (SSSR count). The van der Waals surface area contributed by atoms with Crippen molar-refractivity contribution in [2.24, 2.45) is 0 Å². The lowest BCUT2D eigenvalue weighted by Gasteiger charge is -2.12. The molecule has 2 aromatic rings. The number of carbonyl (C=O) groups excluding carboxylic acids is 1. The van der Waals surface area contributed by atoms with Gasteiger partial charge < -0.3 is 18.9 Å². The molecule has 0 aliphatic carbocycles. The number of para-hydroxylation sites is 1. The normalized spacial score (nSPS) is 10.9. The number of rotatable bonds is 7. The Balaban J connectivity index is 2.36. The van der Waals surface area contributed by atoms with E-state index in [9.17, 15) is 4.79 Å². The van der Waals surface area contributed by atoms with E-state index in [1.807, 2.05) is 6.92 Å². The largest absolute Gasteiger partial charge is 0.503 e. The summed E-state index contributed by atoms with van der Waals surface area (Å²) in [6, 6.07) is 8.57. The van der Waals surface area contributed by atoms with Gasteiger partial charge in [0.05, 0.1) is 33.2 Å². The van der Waals surface area contributed by atoms with Crippen molar-refractivity contribution in [1.29, 1.82) is 0 Å². The van der Waals surface area contributed by atoms with E-state index in [0.717, 1.165) is 0 Å². The molecular formula is C17H18N2O5. The van der Waals surface area contributed by atoms with Gasteiger partial charge in [-0.25, -0.2) is 14.8 Å². The van der Waals surface area contributed by atoms with E-state index in [1.165, 1.54) is 26.8 Å². The lowest BCUT2D eigenvalue weighted by molar-refractivity contribution is -0.133. The Labute approximate surface area is 139 Å². The third kappa shape index (κ3) is 4.22. The molecule has 0 radical (unpaired) electrons. The molecule has 7 nitrogen and oxygen atoms in total. The predicted molar refractivity (Wildman–Crippen MR) is 86.7 cm³/mol. The van der Waals surface area contributed by atoms with Gasteiger partial charge in [0.2, 0.25) is 11.8 Å². The molecule has 0 aliphatic rings. The standard InChI is InChI=1S/C17H18N2O5/c1-4-23-15-9-16(19-11-18-15)24-14-8-6-5-7-12(14)13(10-21-2)17(20)22-3/h5-11H,4H2,1-3H3/b13-10+. The Kier molecular flexibility index (Phi) is 6.13. The maximum absolute atomic E-state index is 12.0. The van der Waals surface area contributed by atoms with Crippen LogP contribution < -0.4 is 9.47 Å². The number of ether oxygens (including phenoxy) is 4. The molecule has 24 heavy (non-hydrogen) atoms. The summed E-state index contributed by atoms with van der Waals surface area (Å²) in [7, 11) is 2.75. The first kappa shape index (κ1) is 17.3. The highest BCUT2D eigenvalue weighted by molar-refractivity contribution is 6.17. The number of hydrogen-bond acceptors (Lipinski definition) is 7. The predicted octanol–water partition coefficient (Wildman–Crippen LogP) is 2.83. The van der Waals surface area contributed by atoms with Crippen LogP contribution in [0.3, 0.4) is 0 Å².